The van der Waals surface area contributed by atoms with E-state index >= 15 is 0 Å². The van der Waals surface area contributed by atoms with Crippen molar-refractivity contribution in [3.8, 4) is 5.75 Å². The van der Waals surface area contributed by atoms with E-state index < -0.39 is 18.5 Å². The molecule has 1 rings (SSSR count). The Morgan fingerprint density at radius 2 is 1.89 bits per heavy atom. The van der Waals surface area contributed by atoms with Crippen LogP contribution in [0.15, 0.2) is 24.3 Å². The van der Waals surface area contributed by atoms with Gasteiger partial charge in [-0.2, -0.15) is 8.78 Å². The minimum atomic E-state index is -2.91. The van der Waals surface area contributed by atoms with E-state index in [0.29, 0.717) is 0 Å². The molecule has 0 atom stereocenters. The van der Waals surface area contributed by atoms with Gasteiger partial charge in [-0.15, -0.1) is 0 Å². The quantitative estimate of drug-likeness (QED) is 0.661. The highest BCUT2D eigenvalue weighted by molar-refractivity contribution is 6.37. The molecule has 98 valence electrons. The molecule has 0 aliphatic heterocycles. The van der Waals surface area contributed by atoms with Crippen LogP contribution >= 0.6 is 0 Å². The first-order chi connectivity index (χ1) is 8.52. The van der Waals surface area contributed by atoms with Gasteiger partial charge in [-0.3, -0.25) is 4.79 Å². The lowest BCUT2D eigenvalue weighted by atomic mass is 10.3. The molecule has 0 saturated heterocycles. The van der Waals surface area contributed by atoms with Gasteiger partial charge in [-0.1, -0.05) is 0 Å². The third-order valence-electron chi connectivity index (χ3n) is 1.80. The Kier molecular flexibility index (Phi) is 5.04. The molecule has 0 bridgehead atoms. The second kappa shape index (κ2) is 6.53. The van der Waals surface area contributed by atoms with Gasteiger partial charge in [0.15, 0.2) is 0 Å². The fraction of sp³-hybridized carbons (Fsp3) is 0.273. The van der Waals surface area contributed by atoms with Crippen LogP contribution in [0.25, 0.3) is 0 Å². The van der Waals surface area contributed by atoms with E-state index in [0.717, 1.165) is 0 Å². The number of carbonyl (C=O) groups is 2. The van der Waals surface area contributed by atoms with Crippen molar-refractivity contribution in [3.05, 3.63) is 24.3 Å². The molecule has 18 heavy (non-hydrogen) atoms. The van der Waals surface area contributed by atoms with Gasteiger partial charge in [0.2, 0.25) is 0 Å². The highest BCUT2D eigenvalue weighted by Crippen LogP contribution is 2.17. The zero-order valence-corrected chi connectivity index (χ0v) is 9.48. The van der Waals surface area contributed by atoms with E-state index in [-0.39, 0.29) is 18.0 Å². The Morgan fingerprint density at radius 3 is 2.39 bits per heavy atom. The average Bonchev–Trinajstić information content (AvgIpc) is 2.31. The summed E-state index contributed by atoms with van der Waals surface area (Å²) in [5, 5.41) is 2.25. The number of ether oxygens (including phenoxy) is 2. The number of hydrogen-bond acceptors (Lipinski definition) is 4. The maximum Gasteiger partial charge on any atom is 0.397 e. The van der Waals surface area contributed by atoms with Crippen LogP contribution in [0, 0.1) is 0 Å². The molecule has 0 aromatic heterocycles. The van der Waals surface area contributed by atoms with E-state index in [1.54, 1.807) is 6.92 Å². The van der Waals surface area contributed by atoms with Crippen LogP contribution in [0.3, 0.4) is 0 Å². The molecular formula is C11H11F2NO4. The summed E-state index contributed by atoms with van der Waals surface area (Å²) in [6.07, 6.45) is 0. The van der Waals surface area contributed by atoms with E-state index in [1.165, 1.54) is 24.3 Å². The molecule has 0 aliphatic carbocycles. The zero-order chi connectivity index (χ0) is 13.5. The van der Waals surface area contributed by atoms with E-state index in [9.17, 15) is 18.4 Å². The van der Waals surface area contributed by atoms with Crippen molar-refractivity contribution in [1.29, 1.82) is 0 Å². The molecule has 1 aromatic rings. The summed E-state index contributed by atoms with van der Waals surface area (Å²) in [5.41, 5.74) is 0.273. The minimum Gasteiger partial charge on any atom is -0.459 e. The van der Waals surface area contributed by atoms with Crippen LogP contribution in [0.5, 0.6) is 5.75 Å². The van der Waals surface area contributed by atoms with Crippen molar-refractivity contribution in [2.75, 3.05) is 11.9 Å². The molecule has 1 amide bonds. The number of amides is 1. The average molecular weight is 259 g/mol. The summed E-state index contributed by atoms with van der Waals surface area (Å²) in [6, 6.07) is 5.14. The number of esters is 1. The van der Waals surface area contributed by atoms with Crippen LogP contribution in [-0.4, -0.2) is 25.1 Å². The highest BCUT2D eigenvalue weighted by atomic mass is 19.3. The fourth-order valence-electron chi connectivity index (χ4n) is 1.10. The van der Waals surface area contributed by atoms with Gasteiger partial charge in [-0.05, 0) is 31.2 Å². The minimum absolute atomic E-state index is 0.0425. The van der Waals surface area contributed by atoms with E-state index in [2.05, 4.69) is 14.8 Å². The predicted octanol–water partition coefficient (Wildman–Crippen LogP) is 1.79. The van der Waals surface area contributed by atoms with Gasteiger partial charge in [0.25, 0.3) is 0 Å². The van der Waals surface area contributed by atoms with Crippen molar-refractivity contribution in [2.24, 2.45) is 0 Å². The molecule has 0 saturated carbocycles. The number of halogens is 2. The van der Waals surface area contributed by atoms with Gasteiger partial charge in [0, 0.05) is 5.69 Å². The second-order valence-electron chi connectivity index (χ2n) is 3.08. The Balaban J connectivity index is 2.58. The Bertz CT molecular complexity index is 420. The lowest BCUT2D eigenvalue weighted by Gasteiger charge is -2.06. The lowest BCUT2D eigenvalue weighted by Crippen LogP contribution is -2.24. The van der Waals surface area contributed by atoms with Crippen molar-refractivity contribution in [1.82, 2.24) is 0 Å². The molecule has 0 spiro atoms. The van der Waals surface area contributed by atoms with Crippen LogP contribution in [0.1, 0.15) is 6.92 Å². The summed E-state index contributed by atoms with van der Waals surface area (Å²) in [7, 11) is 0. The normalized spacial score (nSPS) is 10.0. The number of hydrogen-bond donors (Lipinski definition) is 1. The summed E-state index contributed by atoms with van der Waals surface area (Å²) < 4.78 is 32.3. The molecule has 7 heteroatoms. The zero-order valence-electron chi connectivity index (χ0n) is 9.48. The van der Waals surface area contributed by atoms with Gasteiger partial charge in [-0.25, -0.2) is 4.79 Å². The summed E-state index contributed by atoms with van der Waals surface area (Å²) >= 11 is 0. The number of anilines is 1. The van der Waals surface area contributed by atoms with Crippen LogP contribution in [-0.2, 0) is 14.3 Å². The van der Waals surface area contributed by atoms with Crippen LogP contribution in [0.4, 0.5) is 14.5 Å². The van der Waals surface area contributed by atoms with Crippen LogP contribution < -0.4 is 10.1 Å². The van der Waals surface area contributed by atoms with Gasteiger partial charge >= 0.3 is 18.5 Å². The molecule has 0 unspecified atom stereocenters. The lowest BCUT2D eigenvalue weighted by molar-refractivity contribution is -0.152. The smallest absolute Gasteiger partial charge is 0.397 e. The highest BCUT2D eigenvalue weighted by Gasteiger charge is 2.14. The predicted molar refractivity (Wildman–Crippen MR) is 58.3 cm³/mol. The molecule has 0 fully saturated rings. The molecule has 1 aromatic carbocycles. The number of benzene rings is 1. The standard InChI is InChI=1S/C11H11F2NO4/c1-2-17-10(16)9(15)14-7-3-5-8(6-4-7)18-11(12)13/h3-6,11H,2H2,1H3,(H,14,15). The molecule has 0 heterocycles. The largest absolute Gasteiger partial charge is 0.459 e. The molecule has 0 radical (unpaired) electrons. The first-order valence-corrected chi connectivity index (χ1v) is 5.06. The van der Waals surface area contributed by atoms with Crippen molar-refractivity contribution < 1.29 is 27.8 Å². The number of alkyl halides is 2. The fourth-order valence-corrected chi connectivity index (χ4v) is 1.10. The summed E-state index contributed by atoms with van der Waals surface area (Å²) in [5.74, 6) is -1.98. The van der Waals surface area contributed by atoms with E-state index in [4.69, 9.17) is 0 Å². The first-order valence-electron chi connectivity index (χ1n) is 5.06. The summed E-state index contributed by atoms with van der Waals surface area (Å²) in [6.45, 7) is -1.25. The van der Waals surface area contributed by atoms with Crippen molar-refractivity contribution in [3.63, 3.8) is 0 Å². The molecule has 0 aliphatic rings. The monoisotopic (exact) mass is 259 g/mol. The maximum absolute atomic E-state index is 11.9. The Hall–Kier alpha value is -2.18. The van der Waals surface area contributed by atoms with Gasteiger partial charge in [0.05, 0.1) is 6.61 Å². The third kappa shape index (κ3) is 4.36. The topological polar surface area (TPSA) is 64.6 Å². The van der Waals surface area contributed by atoms with Gasteiger partial charge < -0.3 is 14.8 Å². The number of nitrogens with one attached hydrogen (secondary N) is 1. The number of carbonyl (C=O) groups excluding carboxylic acids is 2. The Morgan fingerprint density at radius 1 is 1.28 bits per heavy atom. The third-order valence-corrected chi connectivity index (χ3v) is 1.80. The second-order valence-corrected chi connectivity index (χ2v) is 3.08. The van der Waals surface area contributed by atoms with Crippen LogP contribution in [0.2, 0.25) is 0 Å². The first kappa shape index (κ1) is 13.9. The summed E-state index contributed by atoms with van der Waals surface area (Å²) in [4.78, 5) is 22.2. The number of rotatable bonds is 4. The molecular weight excluding hydrogens is 248 g/mol. The van der Waals surface area contributed by atoms with Crippen molar-refractivity contribution in [2.45, 2.75) is 13.5 Å². The molecule has 1 N–H and O–H groups in total. The van der Waals surface area contributed by atoms with Gasteiger partial charge in [0.1, 0.15) is 5.75 Å². The SMILES string of the molecule is CCOC(=O)C(=O)Nc1ccc(OC(F)F)cc1. The van der Waals surface area contributed by atoms with Crippen molar-refractivity contribution >= 4 is 17.6 Å². The maximum atomic E-state index is 11.9. The van der Waals surface area contributed by atoms with E-state index in [1.807, 2.05) is 0 Å². The molecule has 5 nitrogen and oxygen atoms in total. The Labute approximate surface area is 102 Å².